The van der Waals surface area contributed by atoms with Crippen LogP contribution in [0.4, 0.5) is 0 Å². The largest absolute Gasteiger partial charge is 0.391 e. The third-order valence-electron chi connectivity index (χ3n) is 2.80. The number of hydrogen-bond acceptors (Lipinski definition) is 3. The van der Waals surface area contributed by atoms with Gasteiger partial charge in [-0.05, 0) is 18.9 Å². The number of rotatable bonds is 3. The predicted molar refractivity (Wildman–Crippen MR) is 54.9 cm³/mol. The summed E-state index contributed by atoms with van der Waals surface area (Å²) >= 11 is 0. The normalized spacial score (nSPS) is 27.8. The van der Waals surface area contributed by atoms with Crippen LogP contribution in [0.15, 0.2) is 0 Å². The second-order valence-corrected chi connectivity index (χ2v) is 3.95. The summed E-state index contributed by atoms with van der Waals surface area (Å²) in [6.07, 6.45) is 0.549. The Morgan fingerprint density at radius 3 is 2.93 bits per heavy atom. The molecule has 0 aromatic carbocycles. The zero-order valence-corrected chi connectivity index (χ0v) is 8.99. The fourth-order valence-corrected chi connectivity index (χ4v) is 1.62. The number of amides is 1. The van der Waals surface area contributed by atoms with Gasteiger partial charge in [0, 0.05) is 13.1 Å². The van der Waals surface area contributed by atoms with E-state index in [0.29, 0.717) is 19.0 Å². The molecule has 1 aliphatic rings. The average Bonchev–Trinajstić information content (AvgIpc) is 2.18. The number of β-amino-alcohol motifs (C(OH)–C–C–N with tert-alkyl or cyclic N) is 1. The van der Waals surface area contributed by atoms with Gasteiger partial charge in [0.05, 0.1) is 12.6 Å². The predicted octanol–water partition coefficient (Wildman–Crippen LogP) is -0.175. The molecule has 0 aromatic heterocycles. The minimum Gasteiger partial charge on any atom is -0.391 e. The molecule has 14 heavy (non-hydrogen) atoms. The van der Waals surface area contributed by atoms with Crippen molar-refractivity contribution in [3.8, 4) is 0 Å². The summed E-state index contributed by atoms with van der Waals surface area (Å²) in [6, 6.07) is 0. The van der Waals surface area contributed by atoms with Gasteiger partial charge < -0.3 is 15.3 Å². The van der Waals surface area contributed by atoms with E-state index in [1.807, 2.05) is 13.8 Å². The summed E-state index contributed by atoms with van der Waals surface area (Å²) < 4.78 is 0. The fraction of sp³-hybridized carbons (Fsp3) is 0.900. The maximum Gasteiger partial charge on any atom is 0.236 e. The Morgan fingerprint density at radius 2 is 2.36 bits per heavy atom. The second-order valence-electron chi connectivity index (χ2n) is 3.95. The number of aliphatic hydroxyl groups is 1. The molecule has 4 heteroatoms. The van der Waals surface area contributed by atoms with Crippen LogP contribution in [0.25, 0.3) is 0 Å². The topological polar surface area (TPSA) is 52.6 Å². The molecule has 2 N–H and O–H groups in total. The summed E-state index contributed by atoms with van der Waals surface area (Å²) in [6.45, 7) is 6.46. The van der Waals surface area contributed by atoms with Crippen molar-refractivity contribution in [2.24, 2.45) is 5.92 Å². The molecule has 2 unspecified atom stereocenters. The first-order valence-corrected chi connectivity index (χ1v) is 5.31. The van der Waals surface area contributed by atoms with Crippen molar-refractivity contribution in [2.45, 2.75) is 26.4 Å². The Hall–Kier alpha value is -0.610. The third kappa shape index (κ3) is 2.96. The van der Waals surface area contributed by atoms with Crippen LogP contribution in [0.2, 0.25) is 0 Å². The number of carbonyl (C=O) groups excluding carboxylic acids is 1. The quantitative estimate of drug-likeness (QED) is 0.665. The lowest BCUT2D eigenvalue weighted by molar-refractivity contribution is -0.134. The van der Waals surface area contributed by atoms with Gasteiger partial charge >= 0.3 is 0 Å². The third-order valence-corrected chi connectivity index (χ3v) is 2.80. The first-order chi connectivity index (χ1) is 6.65. The van der Waals surface area contributed by atoms with Crippen LogP contribution in [0, 0.1) is 5.92 Å². The molecule has 1 saturated heterocycles. The second kappa shape index (κ2) is 5.32. The molecule has 82 valence electrons. The highest BCUT2D eigenvalue weighted by molar-refractivity contribution is 5.78. The smallest absolute Gasteiger partial charge is 0.236 e. The van der Waals surface area contributed by atoms with E-state index in [1.165, 1.54) is 0 Å². The zero-order valence-electron chi connectivity index (χ0n) is 8.99. The Kier molecular flexibility index (Phi) is 4.35. The van der Waals surface area contributed by atoms with Crippen LogP contribution >= 0.6 is 0 Å². The first kappa shape index (κ1) is 11.5. The molecule has 1 heterocycles. The van der Waals surface area contributed by atoms with E-state index in [1.54, 1.807) is 4.90 Å². The van der Waals surface area contributed by atoms with Crippen LogP contribution in [0.5, 0.6) is 0 Å². The van der Waals surface area contributed by atoms with Crippen molar-refractivity contribution in [2.75, 3.05) is 26.2 Å². The molecule has 1 amide bonds. The number of nitrogens with one attached hydrogen (secondary N) is 1. The molecular weight excluding hydrogens is 180 g/mol. The molecular formula is C10H20N2O2. The van der Waals surface area contributed by atoms with E-state index in [-0.39, 0.29) is 12.0 Å². The highest BCUT2D eigenvalue weighted by Crippen LogP contribution is 2.16. The number of hydrogen-bond donors (Lipinski definition) is 2. The van der Waals surface area contributed by atoms with Gasteiger partial charge in [-0.2, -0.15) is 0 Å². The van der Waals surface area contributed by atoms with E-state index < -0.39 is 0 Å². The molecule has 0 aliphatic carbocycles. The van der Waals surface area contributed by atoms with Gasteiger partial charge in [-0.1, -0.05) is 13.8 Å². The fourth-order valence-electron chi connectivity index (χ4n) is 1.62. The number of carbonyl (C=O) groups is 1. The van der Waals surface area contributed by atoms with Gasteiger partial charge in [-0.25, -0.2) is 0 Å². The maximum absolute atomic E-state index is 11.6. The molecule has 4 nitrogen and oxygen atoms in total. The molecule has 0 aromatic rings. The Labute approximate surface area is 85.3 Å². The van der Waals surface area contributed by atoms with Crippen LogP contribution in [0.1, 0.15) is 20.3 Å². The Bertz CT molecular complexity index is 197. The number of nitrogens with zero attached hydrogens (tertiary/aromatic N) is 1. The molecule has 1 rings (SSSR count). The van der Waals surface area contributed by atoms with Gasteiger partial charge in [-0.3, -0.25) is 4.79 Å². The lowest BCUT2D eigenvalue weighted by Gasteiger charge is -2.34. The van der Waals surface area contributed by atoms with E-state index in [2.05, 4.69) is 5.32 Å². The first-order valence-electron chi connectivity index (χ1n) is 5.31. The van der Waals surface area contributed by atoms with Gasteiger partial charge in [0.1, 0.15) is 0 Å². The summed E-state index contributed by atoms with van der Waals surface area (Å²) in [5.74, 6) is 0.413. The van der Waals surface area contributed by atoms with Crippen molar-refractivity contribution < 1.29 is 9.90 Å². The van der Waals surface area contributed by atoms with E-state index in [0.717, 1.165) is 19.5 Å². The number of likely N-dealkylation sites (tertiary alicyclic amines) is 1. The van der Waals surface area contributed by atoms with Gasteiger partial charge in [-0.15, -0.1) is 0 Å². The highest BCUT2D eigenvalue weighted by atomic mass is 16.3. The van der Waals surface area contributed by atoms with Crippen molar-refractivity contribution in [3.05, 3.63) is 0 Å². The van der Waals surface area contributed by atoms with Crippen molar-refractivity contribution in [3.63, 3.8) is 0 Å². The highest BCUT2D eigenvalue weighted by Gasteiger charge is 2.26. The van der Waals surface area contributed by atoms with Gasteiger partial charge in [0.2, 0.25) is 5.91 Å². The monoisotopic (exact) mass is 200 g/mol. The standard InChI is InChI=1S/C10H20N2O2/c1-3-11-6-10(14)12-5-4-8(2)9(13)7-12/h8-9,11,13H,3-7H2,1-2H3. The summed E-state index contributed by atoms with van der Waals surface area (Å²) in [5.41, 5.74) is 0. The molecule has 1 fully saturated rings. The summed E-state index contributed by atoms with van der Waals surface area (Å²) in [5, 5.41) is 12.6. The van der Waals surface area contributed by atoms with Crippen molar-refractivity contribution in [1.29, 1.82) is 0 Å². The van der Waals surface area contributed by atoms with Crippen LogP contribution in [-0.2, 0) is 4.79 Å². The average molecular weight is 200 g/mol. The minimum absolute atomic E-state index is 0.0952. The van der Waals surface area contributed by atoms with Gasteiger partial charge in [0.25, 0.3) is 0 Å². The zero-order chi connectivity index (χ0) is 10.6. The lowest BCUT2D eigenvalue weighted by atomic mass is 9.96. The SMILES string of the molecule is CCNCC(=O)N1CCC(C)C(O)C1. The van der Waals surface area contributed by atoms with Crippen molar-refractivity contribution in [1.82, 2.24) is 10.2 Å². The van der Waals surface area contributed by atoms with Crippen LogP contribution < -0.4 is 5.32 Å². The molecule has 0 saturated carbocycles. The lowest BCUT2D eigenvalue weighted by Crippen LogP contribution is -2.48. The molecule has 0 bridgehead atoms. The Balaban J connectivity index is 2.34. The maximum atomic E-state index is 11.6. The van der Waals surface area contributed by atoms with E-state index >= 15 is 0 Å². The van der Waals surface area contributed by atoms with E-state index in [9.17, 15) is 9.90 Å². The number of aliphatic hydroxyl groups excluding tert-OH is 1. The van der Waals surface area contributed by atoms with Crippen LogP contribution in [0.3, 0.4) is 0 Å². The molecule has 2 atom stereocenters. The number of likely N-dealkylation sites (N-methyl/N-ethyl adjacent to an activating group) is 1. The summed E-state index contributed by atoms with van der Waals surface area (Å²) in [7, 11) is 0. The Morgan fingerprint density at radius 1 is 1.64 bits per heavy atom. The summed E-state index contributed by atoms with van der Waals surface area (Å²) in [4.78, 5) is 13.3. The van der Waals surface area contributed by atoms with Crippen LogP contribution in [-0.4, -0.2) is 48.2 Å². The minimum atomic E-state index is -0.352. The van der Waals surface area contributed by atoms with E-state index in [4.69, 9.17) is 0 Å². The van der Waals surface area contributed by atoms with Crippen molar-refractivity contribution >= 4 is 5.91 Å². The molecule has 1 aliphatic heterocycles. The number of piperidine rings is 1. The molecule has 0 radical (unpaired) electrons. The molecule has 0 spiro atoms. The van der Waals surface area contributed by atoms with Gasteiger partial charge in [0.15, 0.2) is 0 Å².